The monoisotopic (exact) mass is 539 g/mol. The third-order valence-corrected chi connectivity index (χ3v) is 9.37. The van der Waals surface area contributed by atoms with Crippen LogP contribution in [0.15, 0.2) is 54.6 Å². The molecule has 200 valence electrons. The van der Waals surface area contributed by atoms with E-state index in [0.29, 0.717) is 50.6 Å². The number of carbonyl (C=O) groups is 2. The van der Waals surface area contributed by atoms with E-state index in [9.17, 15) is 9.59 Å². The predicted octanol–water partition coefficient (Wildman–Crippen LogP) is 6.70. The molecule has 3 aromatic carbocycles. The van der Waals surface area contributed by atoms with Gasteiger partial charge < -0.3 is 15.2 Å². The molecule has 0 amide bonds. The minimum Gasteiger partial charge on any atom is -0.459 e. The second kappa shape index (κ2) is 10.3. The van der Waals surface area contributed by atoms with Crippen molar-refractivity contribution in [2.24, 2.45) is 11.8 Å². The number of nitrogen functional groups attached to an aromatic ring is 1. The van der Waals surface area contributed by atoms with E-state index >= 15 is 0 Å². The van der Waals surface area contributed by atoms with Gasteiger partial charge in [0.25, 0.3) is 0 Å². The van der Waals surface area contributed by atoms with Crippen LogP contribution in [0.4, 0.5) is 5.69 Å². The van der Waals surface area contributed by atoms with Gasteiger partial charge in [-0.3, -0.25) is 4.79 Å². The summed E-state index contributed by atoms with van der Waals surface area (Å²) in [6, 6.07) is 17.0. The minimum absolute atomic E-state index is 0.138. The van der Waals surface area contributed by atoms with Gasteiger partial charge >= 0.3 is 5.97 Å². The Morgan fingerprint density at radius 2 is 1.51 bits per heavy atom. The number of benzene rings is 3. The second-order valence-corrected chi connectivity index (χ2v) is 11.6. The molecule has 2 saturated carbocycles. The van der Waals surface area contributed by atoms with Gasteiger partial charge in [0.15, 0.2) is 5.78 Å². The molecule has 3 aliphatic carbocycles. The molecule has 0 radical (unpaired) electrons. The number of thiocarbonyl (C=S) groups is 1. The van der Waals surface area contributed by atoms with E-state index in [1.165, 1.54) is 0 Å². The van der Waals surface area contributed by atoms with Crippen LogP contribution in [0.25, 0.3) is 11.1 Å². The van der Waals surface area contributed by atoms with Crippen LogP contribution in [0.1, 0.15) is 81.5 Å². The third kappa shape index (κ3) is 4.60. The number of ether oxygens (including phenoxy) is 2. The van der Waals surface area contributed by atoms with Gasteiger partial charge in [-0.25, -0.2) is 4.79 Å². The normalized spacial score (nSPS) is 23.9. The number of esters is 1. The Morgan fingerprint density at radius 3 is 2.21 bits per heavy atom. The molecule has 6 rings (SSSR count). The lowest BCUT2D eigenvalue weighted by Gasteiger charge is -2.41. The zero-order valence-electron chi connectivity index (χ0n) is 22.4. The molecule has 3 aromatic rings. The summed E-state index contributed by atoms with van der Waals surface area (Å²) in [5.41, 5.74) is 11.9. The number of methoxy groups -OCH3 is 1. The average Bonchev–Trinajstić information content (AvgIpc) is 2.96. The summed E-state index contributed by atoms with van der Waals surface area (Å²) in [4.78, 5) is 28.0. The molecule has 39 heavy (non-hydrogen) atoms. The van der Waals surface area contributed by atoms with Crippen molar-refractivity contribution in [1.82, 2.24) is 0 Å². The average molecular weight is 540 g/mol. The Hall–Kier alpha value is -3.35. The van der Waals surface area contributed by atoms with Crippen molar-refractivity contribution in [1.29, 1.82) is 0 Å². The number of anilines is 1. The first-order valence-electron chi connectivity index (χ1n) is 13.8. The first kappa shape index (κ1) is 25.9. The fraction of sp³-hybridized carbons (Fsp3) is 0.364. The van der Waals surface area contributed by atoms with Crippen LogP contribution >= 0.6 is 12.2 Å². The minimum atomic E-state index is -0.452. The lowest BCUT2D eigenvalue weighted by atomic mass is 9.69. The fourth-order valence-corrected chi connectivity index (χ4v) is 7.18. The van der Waals surface area contributed by atoms with Gasteiger partial charge in [-0.15, -0.1) is 0 Å². The van der Waals surface area contributed by atoms with Crippen LogP contribution in [-0.2, 0) is 9.47 Å². The van der Waals surface area contributed by atoms with Gasteiger partial charge in [-0.1, -0.05) is 66.3 Å². The van der Waals surface area contributed by atoms with Crippen molar-refractivity contribution in [2.45, 2.75) is 57.7 Å². The number of rotatable bonds is 4. The number of hydrogen-bond donors (Lipinski definition) is 1. The fourth-order valence-electron chi connectivity index (χ4n) is 6.79. The molecule has 3 aliphatic rings. The molecular weight excluding hydrogens is 506 g/mol. The highest BCUT2D eigenvalue weighted by Gasteiger charge is 2.38. The molecule has 0 aliphatic heterocycles. The summed E-state index contributed by atoms with van der Waals surface area (Å²) in [5.74, 6) is 0.589. The maximum Gasteiger partial charge on any atom is 0.340 e. The van der Waals surface area contributed by atoms with Crippen LogP contribution in [-0.4, -0.2) is 35.9 Å². The topological polar surface area (TPSA) is 78.6 Å². The lowest BCUT2D eigenvalue weighted by Crippen LogP contribution is -2.37. The molecule has 0 bridgehead atoms. The van der Waals surface area contributed by atoms with Crippen molar-refractivity contribution in [3.63, 3.8) is 0 Å². The Bertz CT molecular complexity index is 1480. The molecule has 0 spiro atoms. The third-order valence-electron chi connectivity index (χ3n) is 8.94. The van der Waals surface area contributed by atoms with Crippen LogP contribution in [0.2, 0.25) is 0 Å². The maximum absolute atomic E-state index is 13.8. The van der Waals surface area contributed by atoms with Crippen LogP contribution in [0.5, 0.6) is 0 Å². The van der Waals surface area contributed by atoms with E-state index in [1.807, 2.05) is 49.4 Å². The summed E-state index contributed by atoms with van der Waals surface area (Å²) >= 11 is 5.88. The molecule has 2 fully saturated rings. The SMILES string of the molecule is COC1CCC2CC(OC(=O)c3cc(-c4ccc(C)cc4)c4c(c3N)C(=S)c3ccccc3C4=O)CCC2C1. The zero-order chi connectivity index (χ0) is 27.3. The molecule has 0 aromatic heterocycles. The number of aryl methyl sites for hydroxylation is 1. The smallest absolute Gasteiger partial charge is 0.340 e. The predicted molar refractivity (Wildman–Crippen MR) is 156 cm³/mol. The summed E-state index contributed by atoms with van der Waals surface area (Å²) in [6.07, 6.45) is 6.19. The first-order valence-corrected chi connectivity index (χ1v) is 14.2. The lowest BCUT2D eigenvalue weighted by molar-refractivity contribution is -0.0274. The highest BCUT2D eigenvalue weighted by molar-refractivity contribution is 7.81. The van der Waals surface area contributed by atoms with E-state index < -0.39 is 5.97 Å². The van der Waals surface area contributed by atoms with E-state index in [1.54, 1.807) is 19.2 Å². The molecule has 5 nitrogen and oxygen atoms in total. The molecule has 2 N–H and O–H groups in total. The van der Waals surface area contributed by atoms with Crippen LogP contribution in [0.3, 0.4) is 0 Å². The highest BCUT2D eigenvalue weighted by Crippen LogP contribution is 2.43. The summed E-state index contributed by atoms with van der Waals surface area (Å²) in [6.45, 7) is 2.01. The van der Waals surface area contributed by atoms with Gasteiger partial charge in [0.1, 0.15) is 6.10 Å². The zero-order valence-corrected chi connectivity index (χ0v) is 23.2. The van der Waals surface area contributed by atoms with Gasteiger partial charge in [0.2, 0.25) is 0 Å². The van der Waals surface area contributed by atoms with Crippen molar-refractivity contribution < 1.29 is 19.1 Å². The standard InChI is InChI=1S/C33H33NO4S/c1-18-7-9-19(10-8-18)26-17-27(30(34)29-28(26)31(35)24-5-3-4-6-25(24)32(29)39)33(36)38-23-14-12-20-15-22(37-2)13-11-21(20)16-23/h3-10,17,20-23H,11-16,34H2,1-2H3. The number of carbonyl (C=O) groups excluding carboxylic acids is 2. The second-order valence-electron chi connectivity index (χ2n) is 11.2. The van der Waals surface area contributed by atoms with Crippen molar-refractivity contribution in [3.05, 3.63) is 88.0 Å². The Balaban J connectivity index is 1.37. The first-order chi connectivity index (χ1) is 18.9. The Labute approximate surface area is 234 Å². The Kier molecular flexibility index (Phi) is 6.86. The number of nitrogens with two attached hydrogens (primary N) is 1. The molecular formula is C33H33NO4S. The van der Waals surface area contributed by atoms with Gasteiger partial charge in [0, 0.05) is 29.4 Å². The summed E-state index contributed by atoms with van der Waals surface area (Å²) < 4.78 is 11.7. The van der Waals surface area contributed by atoms with Gasteiger partial charge in [-0.2, -0.15) is 0 Å². The molecule has 0 saturated heterocycles. The van der Waals surface area contributed by atoms with Gasteiger partial charge in [0.05, 0.1) is 22.2 Å². The molecule has 4 unspecified atom stereocenters. The van der Waals surface area contributed by atoms with E-state index in [-0.39, 0.29) is 23.1 Å². The summed E-state index contributed by atoms with van der Waals surface area (Å²) in [7, 11) is 1.80. The van der Waals surface area contributed by atoms with Crippen molar-refractivity contribution in [2.75, 3.05) is 12.8 Å². The van der Waals surface area contributed by atoms with E-state index in [4.69, 9.17) is 27.4 Å². The van der Waals surface area contributed by atoms with Crippen molar-refractivity contribution in [3.8, 4) is 11.1 Å². The molecule has 4 atom stereocenters. The van der Waals surface area contributed by atoms with Gasteiger partial charge in [-0.05, 0) is 74.5 Å². The maximum atomic E-state index is 13.8. The van der Waals surface area contributed by atoms with Crippen molar-refractivity contribution >= 4 is 34.5 Å². The number of hydrogen-bond acceptors (Lipinski definition) is 6. The van der Waals surface area contributed by atoms with E-state index in [2.05, 4.69) is 0 Å². The Morgan fingerprint density at radius 1 is 0.872 bits per heavy atom. The largest absolute Gasteiger partial charge is 0.459 e. The summed E-state index contributed by atoms with van der Waals surface area (Å²) in [5, 5.41) is 0. The quantitative estimate of drug-likeness (QED) is 0.177. The highest BCUT2D eigenvalue weighted by atomic mass is 32.1. The number of fused-ring (bicyclic) bond motifs is 3. The van der Waals surface area contributed by atoms with Crippen LogP contribution in [0, 0.1) is 18.8 Å². The van der Waals surface area contributed by atoms with E-state index in [0.717, 1.165) is 49.7 Å². The molecule has 6 heteroatoms. The number of ketones is 1. The van der Waals surface area contributed by atoms with Crippen LogP contribution < -0.4 is 5.73 Å². The molecule has 0 heterocycles.